The summed E-state index contributed by atoms with van der Waals surface area (Å²) in [5.41, 5.74) is 1.58. The van der Waals surface area contributed by atoms with E-state index in [0.29, 0.717) is 42.3 Å². The van der Waals surface area contributed by atoms with Crippen molar-refractivity contribution in [2.75, 3.05) is 20.2 Å². The zero-order valence-electron chi connectivity index (χ0n) is 14.0. The lowest BCUT2D eigenvalue weighted by Gasteiger charge is -2.08. The third-order valence-corrected chi connectivity index (χ3v) is 3.87. The van der Waals surface area contributed by atoms with Crippen molar-refractivity contribution in [2.45, 2.75) is 12.8 Å². The lowest BCUT2D eigenvalue weighted by Crippen LogP contribution is -2.34. The maximum Gasteiger partial charge on any atom is 0.251 e. The Morgan fingerprint density at radius 2 is 1.76 bits per heavy atom. The van der Waals surface area contributed by atoms with Crippen LogP contribution in [-0.2, 0) is 11.2 Å². The van der Waals surface area contributed by atoms with E-state index in [2.05, 4.69) is 10.6 Å². The van der Waals surface area contributed by atoms with Gasteiger partial charge in [-0.1, -0.05) is 29.8 Å². The number of aryl methyl sites for hydroxylation is 1. The molecule has 0 heterocycles. The Hall–Kier alpha value is -2.53. The van der Waals surface area contributed by atoms with Crippen molar-refractivity contribution in [3.8, 4) is 5.75 Å². The second-order valence-corrected chi connectivity index (χ2v) is 5.90. The third kappa shape index (κ3) is 6.47. The van der Waals surface area contributed by atoms with Crippen LogP contribution in [0.4, 0.5) is 0 Å². The molecule has 132 valence electrons. The quantitative estimate of drug-likeness (QED) is 0.711. The molecule has 25 heavy (non-hydrogen) atoms. The van der Waals surface area contributed by atoms with E-state index in [1.54, 1.807) is 31.4 Å². The van der Waals surface area contributed by atoms with E-state index in [-0.39, 0.29) is 11.8 Å². The summed E-state index contributed by atoms with van der Waals surface area (Å²) in [6.07, 6.45) is 1.05. The number of hydrogen-bond acceptors (Lipinski definition) is 3. The van der Waals surface area contributed by atoms with Gasteiger partial charge in [-0.3, -0.25) is 9.59 Å². The standard InChI is InChI=1S/C19H21ClN2O3/c1-25-17-4-2-3-15(13-17)19(24)22-12-11-21-18(23)10-7-14-5-8-16(20)9-6-14/h2-6,8-9,13H,7,10-12H2,1H3,(H,21,23)(H,22,24). The van der Waals surface area contributed by atoms with Gasteiger partial charge < -0.3 is 15.4 Å². The lowest BCUT2D eigenvalue weighted by atomic mass is 10.1. The molecule has 0 bridgehead atoms. The molecule has 0 aliphatic carbocycles. The van der Waals surface area contributed by atoms with E-state index in [9.17, 15) is 9.59 Å². The molecule has 2 aromatic rings. The predicted octanol–water partition coefficient (Wildman–Crippen LogP) is 2.83. The van der Waals surface area contributed by atoms with Gasteiger partial charge in [0.2, 0.25) is 5.91 Å². The Morgan fingerprint density at radius 1 is 1.04 bits per heavy atom. The molecular formula is C19H21ClN2O3. The summed E-state index contributed by atoms with van der Waals surface area (Å²) < 4.78 is 5.09. The molecule has 0 aliphatic rings. The molecular weight excluding hydrogens is 340 g/mol. The van der Waals surface area contributed by atoms with Crippen LogP contribution in [-0.4, -0.2) is 32.0 Å². The minimum atomic E-state index is -0.200. The highest BCUT2D eigenvalue weighted by Gasteiger charge is 2.06. The minimum Gasteiger partial charge on any atom is -0.497 e. The average Bonchev–Trinajstić information content (AvgIpc) is 2.64. The van der Waals surface area contributed by atoms with E-state index >= 15 is 0 Å². The second kappa shape index (κ2) is 9.69. The molecule has 0 radical (unpaired) electrons. The Labute approximate surface area is 152 Å². The van der Waals surface area contributed by atoms with E-state index in [0.717, 1.165) is 5.56 Å². The molecule has 0 aromatic heterocycles. The SMILES string of the molecule is COc1cccc(C(=O)NCCNC(=O)CCc2ccc(Cl)cc2)c1. The van der Waals surface area contributed by atoms with Gasteiger partial charge in [-0.2, -0.15) is 0 Å². The monoisotopic (exact) mass is 360 g/mol. The van der Waals surface area contributed by atoms with Crippen molar-refractivity contribution >= 4 is 23.4 Å². The number of amides is 2. The number of carbonyl (C=O) groups excluding carboxylic acids is 2. The van der Waals surface area contributed by atoms with Gasteiger partial charge in [-0.15, -0.1) is 0 Å². The highest BCUT2D eigenvalue weighted by atomic mass is 35.5. The number of methoxy groups -OCH3 is 1. The number of hydrogen-bond donors (Lipinski definition) is 2. The Bertz CT molecular complexity index is 717. The first-order valence-corrected chi connectivity index (χ1v) is 8.39. The van der Waals surface area contributed by atoms with Crippen LogP contribution in [0.25, 0.3) is 0 Å². The van der Waals surface area contributed by atoms with Gasteiger partial charge in [0, 0.05) is 30.1 Å². The smallest absolute Gasteiger partial charge is 0.251 e. The Balaban J connectivity index is 1.65. The molecule has 0 aliphatic heterocycles. The first kappa shape index (κ1) is 18.8. The van der Waals surface area contributed by atoms with Crippen molar-refractivity contribution in [1.82, 2.24) is 10.6 Å². The Kier molecular flexibility index (Phi) is 7.29. The average molecular weight is 361 g/mol. The molecule has 0 fully saturated rings. The zero-order valence-corrected chi connectivity index (χ0v) is 14.8. The van der Waals surface area contributed by atoms with Crippen molar-refractivity contribution in [1.29, 1.82) is 0 Å². The normalized spacial score (nSPS) is 10.2. The van der Waals surface area contributed by atoms with Gasteiger partial charge in [0.1, 0.15) is 5.75 Å². The summed E-state index contributed by atoms with van der Waals surface area (Å²) in [5, 5.41) is 6.23. The fourth-order valence-electron chi connectivity index (χ4n) is 2.24. The van der Waals surface area contributed by atoms with E-state index in [4.69, 9.17) is 16.3 Å². The molecule has 0 atom stereocenters. The van der Waals surface area contributed by atoms with E-state index in [1.165, 1.54) is 0 Å². The maximum atomic E-state index is 12.0. The third-order valence-electron chi connectivity index (χ3n) is 3.62. The fraction of sp³-hybridized carbons (Fsp3) is 0.263. The van der Waals surface area contributed by atoms with Crippen LogP contribution in [0, 0.1) is 0 Å². The summed E-state index contributed by atoms with van der Waals surface area (Å²) in [6.45, 7) is 0.748. The molecule has 0 unspecified atom stereocenters. The molecule has 2 N–H and O–H groups in total. The van der Waals surface area contributed by atoms with Crippen LogP contribution in [0.15, 0.2) is 48.5 Å². The number of rotatable bonds is 8. The predicted molar refractivity (Wildman–Crippen MR) is 98.1 cm³/mol. The maximum absolute atomic E-state index is 12.0. The summed E-state index contributed by atoms with van der Waals surface area (Å²) >= 11 is 5.82. The highest BCUT2D eigenvalue weighted by molar-refractivity contribution is 6.30. The summed E-state index contributed by atoms with van der Waals surface area (Å²) in [7, 11) is 1.55. The number of carbonyl (C=O) groups is 2. The van der Waals surface area contributed by atoms with E-state index in [1.807, 2.05) is 24.3 Å². The minimum absolute atomic E-state index is 0.0504. The molecule has 2 rings (SSSR count). The number of nitrogens with one attached hydrogen (secondary N) is 2. The Morgan fingerprint density at radius 3 is 2.48 bits per heavy atom. The summed E-state index contributed by atoms with van der Waals surface area (Å²) in [5.74, 6) is 0.378. The van der Waals surface area contributed by atoms with Crippen molar-refractivity contribution in [3.63, 3.8) is 0 Å². The molecule has 5 nitrogen and oxygen atoms in total. The van der Waals surface area contributed by atoms with Crippen LogP contribution in [0.3, 0.4) is 0 Å². The summed E-state index contributed by atoms with van der Waals surface area (Å²) in [4.78, 5) is 23.8. The van der Waals surface area contributed by atoms with Gasteiger partial charge >= 0.3 is 0 Å². The summed E-state index contributed by atoms with van der Waals surface area (Å²) in [6, 6.07) is 14.3. The first-order chi connectivity index (χ1) is 12.1. The second-order valence-electron chi connectivity index (χ2n) is 5.46. The highest BCUT2D eigenvalue weighted by Crippen LogP contribution is 2.12. The largest absolute Gasteiger partial charge is 0.497 e. The number of benzene rings is 2. The van der Waals surface area contributed by atoms with Gasteiger partial charge in [0.05, 0.1) is 7.11 Å². The van der Waals surface area contributed by atoms with Crippen molar-refractivity contribution in [2.24, 2.45) is 0 Å². The van der Waals surface area contributed by atoms with Crippen LogP contribution in [0.5, 0.6) is 5.75 Å². The lowest BCUT2D eigenvalue weighted by molar-refractivity contribution is -0.121. The van der Waals surface area contributed by atoms with Crippen LogP contribution >= 0.6 is 11.6 Å². The topological polar surface area (TPSA) is 67.4 Å². The van der Waals surface area contributed by atoms with Crippen LogP contribution in [0.2, 0.25) is 5.02 Å². The molecule has 0 saturated carbocycles. The number of halogens is 1. The molecule has 2 aromatic carbocycles. The van der Waals surface area contributed by atoms with Crippen LogP contribution < -0.4 is 15.4 Å². The fourth-order valence-corrected chi connectivity index (χ4v) is 2.37. The molecule has 2 amide bonds. The zero-order chi connectivity index (χ0) is 18.1. The molecule has 0 saturated heterocycles. The number of ether oxygens (including phenoxy) is 1. The van der Waals surface area contributed by atoms with Gasteiger partial charge in [0.15, 0.2) is 0 Å². The van der Waals surface area contributed by atoms with E-state index < -0.39 is 0 Å². The van der Waals surface area contributed by atoms with Gasteiger partial charge in [-0.25, -0.2) is 0 Å². The molecule has 0 spiro atoms. The molecule has 6 heteroatoms. The van der Waals surface area contributed by atoms with Gasteiger partial charge in [0.25, 0.3) is 5.91 Å². The van der Waals surface area contributed by atoms with Crippen molar-refractivity contribution < 1.29 is 14.3 Å². The first-order valence-electron chi connectivity index (χ1n) is 8.02. The van der Waals surface area contributed by atoms with Gasteiger partial charge in [-0.05, 0) is 42.3 Å². The van der Waals surface area contributed by atoms with Crippen molar-refractivity contribution in [3.05, 3.63) is 64.7 Å². The van der Waals surface area contributed by atoms with Crippen LogP contribution in [0.1, 0.15) is 22.3 Å².